The van der Waals surface area contributed by atoms with E-state index < -0.39 is 6.36 Å². The van der Waals surface area contributed by atoms with Crippen LogP contribution < -0.4 is 14.5 Å². The molecule has 0 fully saturated rings. The van der Waals surface area contributed by atoms with Gasteiger partial charge in [0, 0.05) is 44.5 Å². The number of thiazole rings is 1. The van der Waals surface area contributed by atoms with E-state index in [0.717, 1.165) is 17.0 Å². The highest BCUT2D eigenvalue weighted by Crippen LogP contribution is 2.34. The first-order chi connectivity index (χ1) is 14.5. The van der Waals surface area contributed by atoms with E-state index in [1.165, 1.54) is 18.2 Å². The van der Waals surface area contributed by atoms with E-state index in [1.54, 1.807) is 17.0 Å². The normalized spacial score (nSPS) is 11.7. The summed E-state index contributed by atoms with van der Waals surface area (Å²) in [5.41, 5.74) is 1.97. The summed E-state index contributed by atoms with van der Waals surface area (Å²) in [7, 11) is 7.62. The van der Waals surface area contributed by atoms with E-state index in [9.17, 15) is 18.0 Å². The quantitative estimate of drug-likeness (QED) is 0.530. The molecule has 166 valence electrons. The minimum absolute atomic E-state index is 0.224. The van der Waals surface area contributed by atoms with E-state index in [2.05, 4.69) is 9.72 Å². The van der Waals surface area contributed by atoms with Crippen LogP contribution in [-0.4, -0.2) is 63.4 Å². The molecule has 2 aromatic carbocycles. The van der Waals surface area contributed by atoms with Crippen molar-refractivity contribution in [2.24, 2.45) is 0 Å². The predicted octanol–water partition coefficient (Wildman–Crippen LogP) is 4.47. The average molecular weight is 453 g/mol. The summed E-state index contributed by atoms with van der Waals surface area (Å²) in [5, 5.41) is 0.419. The lowest BCUT2D eigenvalue weighted by atomic mass is 10.1. The average Bonchev–Trinajstić information content (AvgIpc) is 3.09. The number of nitrogens with zero attached hydrogens (tertiary/aromatic N) is 4. The molecule has 0 aliphatic rings. The van der Waals surface area contributed by atoms with Crippen LogP contribution >= 0.6 is 11.3 Å². The standard InChI is InChI=1S/C21H23F3N4O2S/c1-26(2)11-12-28(19(29)14-5-7-15(8-6-14)27(3)4)20-25-17-10-9-16(13-18(17)31-20)30-21(22,23)24/h5-10,13H,11-12H2,1-4H3. The summed E-state index contributed by atoms with van der Waals surface area (Å²) in [4.78, 5) is 23.2. The molecule has 0 aliphatic heterocycles. The van der Waals surface area contributed by atoms with Crippen LogP contribution in [0.1, 0.15) is 10.4 Å². The Kier molecular flexibility index (Phi) is 6.71. The van der Waals surface area contributed by atoms with Crippen molar-refractivity contribution >= 4 is 38.3 Å². The Balaban J connectivity index is 1.93. The molecule has 1 aromatic heterocycles. The van der Waals surface area contributed by atoms with Gasteiger partial charge in [0.1, 0.15) is 5.75 Å². The highest BCUT2D eigenvalue weighted by molar-refractivity contribution is 7.22. The molecule has 1 heterocycles. The van der Waals surface area contributed by atoms with Gasteiger partial charge in [-0.25, -0.2) is 4.98 Å². The second-order valence-electron chi connectivity index (χ2n) is 7.38. The molecule has 3 aromatic rings. The largest absolute Gasteiger partial charge is 0.573 e. The van der Waals surface area contributed by atoms with Crippen molar-refractivity contribution < 1.29 is 22.7 Å². The van der Waals surface area contributed by atoms with Crippen LogP contribution in [0.3, 0.4) is 0 Å². The zero-order valence-electron chi connectivity index (χ0n) is 17.6. The van der Waals surface area contributed by atoms with Gasteiger partial charge in [0.05, 0.1) is 10.2 Å². The lowest BCUT2D eigenvalue weighted by Gasteiger charge is -2.22. The molecule has 0 saturated carbocycles. The van der Waals surface area contributed by atoms with Gasteiger partial charge >= 0.3 is 6.36 Å². The number of likely N-dealkylation sites (N-methyl/N-ethyl adjacent to an activating group) is 1. The number of ether oxygens (including phenoxy) is 1. The molecule has 0 unspecified atom stereocenters. The summed E-state index contributed by atoms with van der Waals surface area (Å²) < 4.78 is 42.1. The Morgan fingerprint density at radius 2 is 1.71 bits per heavy atom. The van der Waals surface area contributed by atoms with Crippen LogP contribution in [0.15, 0.2) is 42.5 Å². The van der Waals surface area contributed by atoms with Crippen molar-refractivity contribution in [1.29, 1.82) is 0 Å². The Bertz CT molecular complexity index is 1050. The lowest BCUT2D eigenvalue weighted by Crippen LogP contribution is -2.36. The van der Waals surface area contributed by atoms with E-state index in [-0.39, 0.29) is 11.7 Å². The number of fused-ring (bicyclic) bond motifs is 1. The van der Waals surface area contributed by atoms with Gasteiger partial charge in [-0.15, -0.1) is 13.2 Å². The van der Waals surface area contributed by atoms with Crippen molar-refractivity contribution in [2.75, 3.05) is 51.1 Å². The van der Waals surface area contributed by atoms with E-state index in [0.29, 0.717) is 34.0 Å². The minimum Gasteiger partial charge on any atom is -0.406 e. The Morgan fingerprint density at radius 3 is 2.29 bits per heavy atom. The van der Waals surface area contributed by atoms with Crippen LogP contribution in [0.25, 0.3) is 10.2 Å². The molecule has 0 N–H and O–H groups in total. The molecule has 1 amide bonds. The minimum atomic E-state index is -4.77. The van der Waals surface area contributed by atoms with Gasteiger partial charge in [0.25, 0.3) is 5.91 Å². The smallest absolute Gasteiger partial charge is 0.406 e. The number of hydrogen-bond acceptors (Lipinski definition) is 6. The molecule has 0 spiro atoms. The summed E-state index contributed by atoms with van der Waals surface area (Å²) in [5.74, 6) is -0.543. The number of benzene rings is 2. The van der Waals surface area contributed by atoms with Gasteiger partial charge in [-0.3, -0.25) is 9.69 Å². The van der Waals surface area contributed by atoms with E-state index in [1.807, 2.05) is 50.1 Å². The number of alkyl halides is 3. The first-order valence-corrected chi connectivity index (χ1v) is 10.3. The number of amides is 1. The van der Waals surface area contributed by atoms with Crippen LogP contribution in [0.4, 0.5) is 24.0 Å². The van der Waals surface area contributed by atoms with Crippen molar-refractivity contribution in [3.05, 3.63) is 48.0 Å². The second kappa shape index (κ2) is 9.11. The van der Waals surface area contributed by atoms with Crippen LogP contribution in [-0.2, 0) is 0 Å². The number of aromatic nitrogens is 1. The van der Waals surface area contributed by atoms with Gasteiger partial charge in [-0.2, -0.15) is 0 Å². The molecule has 0 saturated heterocycles. The first-order valence-electron chi connectivity index (χ1n) is 9.44. The number of rotatable bonds is 7. The maximum absolute atomic E-state index is 13.3. The molecule has 0 aliphatic carbocycles. The number of halogens is 3. The second-order valence-corrected chi connectivity index (χ2v) is 8.38. The molecule has 0 radical (unpaired) electrons. The maximum Gasteiger partial charge on any atom is 0.573 e. The monoisotopic (exact) mass is 452 g/mol. The van der Waals surface area contributed by atoms with Gasteiger partial charge < -0.3 is 14.5 Å². The van der Waals surface area contributed by atoms with Crippen molar-refractivity contribution in [3.8, 4) is 5.75 Å². The van der Waals surface area contributed by atoms with Crippen LogP contribution in [0, 0.1) is 0 Å². The lowest BCUT2D eigenvalue weighted by molar-refractivity contribution is -0.274. The molecular weight excluding hydrogens is 429 g/mol. The molecule has 10 heteroatoms. The fourth-order valence-corrected chi connectivity index (χ4v) is 3.87. The van der Waals surface area contributed by atoms with Gasteiger partial charge in [-0.1, -0.05) is 11.3 Å². The molecule has 31 heavy (non-hydrogen) atoms. The number of hydrogen-bond donors (Lipinski definition) is 0. The Morgan fingerprint density at radius 1 is 1.03 bits per heavy atom. The maximum atomic E-state index is 13.3. The van der Waals surface area contributed by atoms with Crippen molar-refractivity contribution in [1.82, 2.24) is 9.88 Å². The fourth-order valence-electron chi connectivity index (χ4n) is 2.85. The fraction of sp³-hybridized carbons (Fsp3) is 0.333. The summed E-state index contributed by atoms with van der Waals surface area (Å²) >= 11 is 1.15. The summed E-state index contributed by atoms with van der Waals surface area (Å²) in [6.07, 6.45) is -4.77. The molecule has 3 rings (SSSR count). The highest BCUT2D eigenvalue weighted by atomic mass is 32.1. The highest BCUT2D eigenvalue weighted by Gasteiger charge is 2.31. The Labute approximate surface area is 182 Å². The third-order valence-electron chi connectivity index (χ3n) is 4.46. The van der Waals surface area contributed by atoms with Gasteiger partial charge in [0.2, 0.25) is 0 Å². The zero-order chi connectivity index (χ0) is 22.8. The summed E-state index contributed by atoms with van der Waals surface area (Å²) in [6.45, 7) is 0.979. The summed E-state index contributed by atoms with van der Waals surface area (Å²) in [6, 6.07) is 11.2. The first kappa shape index (κ1) is 22.8. The van der Waals surface area contributed by atoms with Crippen LogP contribution in [0.2, 0.25) is 0 Å². The number of carbonyl (C=O) groups excluding carboxylic acids is 1. The van der Waals surface area contributed by atoms with Gasteiger partial charge in [-0.05, 0) is 50.5 Å². The van der Waals surface area contributed by atoms with Crippen molar-refractivity contribution in [3.63, 3.8) is 0 Å². The number of anilines is 2. The predicted molar refractivity (Wildman–Crippen MR) is 117 cm³/mol. The van der Waals surface area contributed by atoms with Crippen molar-refractivity contribution in [2.45, 2.75) is 6.36 Å². The third kappa shape index (κ3) is 5.86. The molecule has 6 nitrogen and oxygen atoms in total. The van der Waals surface area contributed by atoms with E-state index in [4.69, 9.17) is 0 Å². The SMILES string of the molecule is CN(C)CCN(C(=O)c1ccc(N(C)C)cc1)c1nc2ccc(OC(F)(F)F)cc2s1. The number of carbonyl (C=O) groups is 1. The van der Waals surface area contributed by atoms with Gasteiger partial charge in [0.15, 0.2) is 5.13 Å². The Hall–Kier alpha value is -2.85. The van der Waals surface area contributed by atoms with E-state index >= 15 is 0 Å². The van der Waals surface area contributed by atoms with Crippen LogP contribution in [0.5, 0.6) is 5.75 Å². The topological polar surface area (TPSA) is 48.9 Å². The molecular formula is C21H23F3N4O2S. The third-order valence-corrected chi connectivity index (χ3v) is 5.50. The molecule has 0 bridgehead atoms. The molecule has 0 atom stereocenters. The zero-order valence-corrected chi connectivity index (χ0v) is 18.4.